The Morgan fingerprint density at radius 3 is 2.57 bits per heavy atom. The number of hydrogen-bond donors (Lipinski definition) is 1. The Hall–Kier alpha value is -3.46. The first kappa shape index (κ1) is 17.9. The Labute approximate surface area is 160 Å². The number of carbonyl (C=O) groups excluding carboxylic acids is 1. The number of carbonyl (C=O) groups is 1. The summed E-state index contributed by atoms with van der Waals surface area (Å²) in [5.74, 6) is -0.586. The lowest BCUT2D eigenvalue weighted by atomic mass is 10.1. The molecule has 4 rings (SSSR count). The molecule has 28 heavy (non-hydrogen) atoms. The highest BCUT2D eigenvalue weighted by molar-refractivity contribution is 7.93. The van der Waals surface area contributed by atoms with Gasteiger partial charge < -0.3 is 5.32 Å². The summed E-state index contributed by atoms with van der Waals surface area (Å²) in [5, 5.41) is 14.9. The van der Waals surface area contributed by atoms with Crippen LogP contribution in [0, 0.1) is 17.0 Å². The van der Waals surface area contributed by atoms with E-state index in [1.165, 1.54) is 24.3 Å². The molecule has 8 nitrogen and oxygen atoms in total. The van der Waals surface area contributed by atoms with Crippen molar-refractivity contribution in [2.45, 2.75) is 11.8 Å². The van der Waals surface area contributed by atoms with E-state index >= 15 is 0 Å². The minimum atomic E-state index is -3.85. The number of sulfonamides is 1. The molecule has 1 heterocycles. The number of aryl methyl sites for hydroxylation is 1. The van der Waals surface area contributed by atoms with Gasteiger partial charge >= 0.3 is 0 Å². The number of benzene rings is 3. The number of amides is 1. The molecule has 1 N–H and O–H groups in total. The van der Waals surface area contributed by atoms with E-state index in [2.05, 4.69) is 5.32 Å². The quantitative estimate of drug-likeness (QED) is 0.537. The van der Waals surface area contributed by atoms with Crippen molar-refractivity contribution in [1.29, 1.82) is 0 Å². The molecular weight excluding hydrogens is 382 g/mol. The second-order valence-corrected chi connectivity index (χ2v) is 8.28. The number of rotatable bonds is 4. The van der Waals surface area contributed by atoms with Crippen LogP contribution in [-0.2, 0) is 14.8 Å². The first-order valence-electron chi connectivity index (χ1n) is 8.38. The average molecular weight is 397 g/mol. The topological polar surface area (TPSA) is 110 Å². The Morgan fingerprint density at radius 2 is 1.86 bits per heavy atom. The number of non-ortho nitro benzene ring substituents is 1. The van der Waals surface area contributed by atoms with Gasteiger partial charge in [0.25, 0.3) is 15.7 Å². The van der Waals surface area contributed by atoms with Gasteiger partial charge in [0.1, 0.15) is 6.54 Å². The van der Waals surface area contributed by atoms with E-state index in [1.807, 2.05) is 12.1 Å². The van der Waals surface area contributed by atoms with Crippen LogP contribution in [0.25, 0.3) is 10.8 Å². The number of hydrogen-bond acceptors (Lipinski definition) is 5. The van der Waals surface area contributed by atoms with E-state index in [9.17, 15) is 23.3 Å². The van der Waals surface area contributed by atoms with Crippen LogP contribution < -0.4 is 9.62 Å². The molecule has 142 valence electrons. The zero-order chi connectivity index (χ0) is 20.1. The number of nitro benzene ring substituents is 1. The van der Waals surface area contributed by atoms with Crippen molar-refractivity contribution >= 4 is 43.8 Å². The lowest BCUT2D eigenvalue weighted by Crippen LogP contribution is -2.35. The van der Waals surface area contributed by atoms with Gasteiger partial charge in [0.2, 0.25) is 5.91 Å². The van der Waals surface area contributed by atoms with Crippen molar-refractivity contribution in [1.82, 2.24) is 0 Å². The molecule has 0 unspecified atom stereocenters. The van der Waals surface area contributed by atoms with Gasteiger partial charge in [-0.15, -0.1) is 0 Å². The van der Waals surface area contributed by atoms with Crippen molar-refractivity contribution < 1.29 is 18.1 Å². The molecule has 0 aliphatic carbocycles. The van der Waals surface area contributed by atoms with Gasteiger partial charge in [-0.3, -0.25) is 19.2 Å². The van der Waals surface area contributed by atoms with E-state index in [-0.39, 0.29) is 16.3 Å². The minimum Gasteiger partial charge on any atom is -0.324 e. The van der Waals surface area contributed by atoms with Gasteiger partial charge in [-0.25, -0.2) is 8.42 Å². The molecule has 9 heteroatoms. The van der Waals surface area contributed by atoms with Crippen molar-refractivity contribution in [2.24, 2.45) is 0 Å². The largest absolute Gasteiger partial charge is 0.324 e. The maximum atomic E-state index is 12.9. The fraction of sp³-hybridized carbons (Fsp3) is 0.105. The summed E-state index contributed by atoms with van der Waals surface area (Å²) >= 11 is 0. The summed E-state index contributed by atoms with van der Waals surface area (Å²) < 4.78 is 26.9. The molecule has 1 aliphatic heterocycles. The monoisotopic (exact) mass is 397 g/mol. The van der Waals surface area contributed by atoms with Gasteiger partial charge in [0.15, 0.2) is 0 Å². The van der Waals surface area contributed by atoms with Gasteiger partial charge in [-0.05, 0) is 30.0 Å². The summed E-state index contributed by atoms with van der Waals surface area (Å²) in [4.78, 5) is 23.1. The van der Waals surface area contributed by atoms with Crippen molar-refractivity contribution in [3.63, 3.8) is 0 Å². The summed E-state index contributed by atoms with van der Waals surface area (Å²) in [6, 6.07) is 14.3. The smallest absolute Gasteiger partial charge is 0.271 e. The Balaban J connectivity index is 1.66. The Bertz CT molecular complexity index is 1250. The fourth-order valence-electron chi connectivity index (χ4n) is 3.31. The molecular formula is C19H15N3O5S. The van der Waals surface area contributed by atoms with Gasteiger partial charge in [0, 0.05) is 17.5 Å². The van der Waals surface area contributed by atoms with Crippen LogP contribution in [0.15, 0.2) is 59.5 Å². The number of nitrogens with one attached hydrogen (secondary N) is 1. The summed E-state index contributed by atoms with van der Waals surface area (Å²) in [6.45, 7) is 1.26. The normalized spacial score (nSPS) is 14.2. The SMILES string of the molecule is Cc1ccc([N+](=O)[O-])cc1NC(=O)CN1c2cccc3cccc(c23)S1(=O)=O. The number of nitrogens with zero attached hydrogens (tertiary/aromatic N) is 2. The highest BCUT2D eigenvalue weighted by Gasteiger charge is 2.36. The van der Waals surface area contributed by atoms with Gasteiger partial charge in [-0.1, -0.05) is 30.3 Å². The summed E-state index contributed by atoms with van der Waals surface area (Å²) in [6.07, 6.45) is 0. The molecule has 1 aliphatic rings. The molecule has 3 aromatic rings. The van der Waals surface area contributed by atoms with Crippen LogP contribution in [0.3, 0.4) is 0 Å². The maximum absolute atomic E-state index is 12.9. The summed E-state index contributed by atoms with van der Waals surface area (Å²) in [7, 11) is -3.85. The number of nitro groups is 1. The standard InChI is InChI=1S/C19H15N3O5S/c1-12-8-9-14(22(24)25)10-15(12)20-18(23)11-21-16-6-2-4-13-5-3-7-17(19(13)16)28(21,26)27/h2-10H,11H2,1H3,(H,20,23). The zero-order valence-electron chi connectivity index (χ0n) is 14.7. The third kappa shape index (κ3) is 2.76. The second kappa shape index (κ2) is 6.31. The highest BCUT2D eigenvalue weighted by Crippen LogP contribution is 2.41. The van der Waals surface area contributed by atoms with Crippen LogP contribution in [-0.4, -0.2) is 25.8 Å². The molecule has 0 saturated heterocycles. The van der Waals surface area contributed by atoms with Crippen molar-refractivity contribution in [3.8, 4) is 0 Å². The predicted octanol–water partition coefficient (Wildman–Crippen LogP) is 3.20. The Morgan fingerprint density at radius 1 is 1.14 bits per heavy atom. The van der Waals surface area contributed by atoms with Crippen LogP contribution in [0.5, 0.6) is 0 Å². The molecule has 0 bridgehead atoms. The van der Waals surface area contributed by atoms with Crippen molar-refractivity contribution in [2.75, 3.05) is 16.2 Å². The third-order valence-corrected chi connectivity index (χ3v) is 6.48. The second-order valence-electron chi connectivity index (χ2n) is 6.45. The molecule has 0 atom stereocenters. The average Bonchev–Trinajstić information content (AvgIpc) is 2.87. The first-order chi connectivity index (χ1) is 13.3. The lowest BCUT2D eigenvalue weighted by molar-refractivity contribution is -0.384. The van der Waals surface area contributed by atoms with E-state index < -0.39 is 27.4 Å². The van der Waals surface area contributed by atoms with Gasteiger partial charge in [-0.2, -0.15) is 0 Å². The van der Waals surface area contributed by atoms with Gasteiger partial charge in [0.05, 0.1) is 21.2 Å². The van der Waals surface area contributed by atoms with Crippen molar-refractivity contribution in [3.05, 3.63) is 70.3 Å². The summed E-state index contributed by atoms with van der Waals surface area (Å²) in [5.41, 5.74) is 1.19. The first-order valence-corrected chi connectivity index (χ1v) is 9.82. The van der Waals surface area contributed by atoms with Crippen LogP contribution in [0.1, 0.15) is 5.56 Å². The zero-order valence-corrected chi connectivity index (χ0v) is 15.6. The fourth-order valence-corrected chi connectivity index (χ4v) is 4.97. The molecule has 0 aromatic heterocycles. The van der Waals surface area contributed by atoms with E-state index in [4.69, 9.17) is 0 Å². The van der Waals surface area contributed by atoms with E-state index in [0.29, 0.717) is 16.6 Å². The van der Waals surface area contributed by atoms with E-state index in [0.717, 1.165) is 9.69 Å². The van der Waals surface area contributed by atoms with Crippen LogP contribution in [0.2, 0.25) is 0 Å². The number of anilines is 2. The van der Waals surface area contributed by atoms with Crippen LogP contribution in [0.4, 0.5) is 17.1 Å². The molecule has 0 fully saturated rings. The van der Waals surface area contributed by atoms with Crippen LogP contribution >= 0.6 is 0 Å². The molecule has 3 aromatic carbocycles. The lowest BCUT2D eigenvalue weighted by Gasteiger charge is -2.18. The minimum absolute atomic E-state index is 0.160. The Kier molecular flexibility index (Phi) is 4.04. The molecule has 0 spiro atoms. The molecule has 1 amide bonds. The molecule has 0 radical (unpaired) electrons. The maximum Gasteiger partial charge on any atom is 0.271 e. The predicted molar refractivity (Wildman–Crippen MR) is 105 cm³/mol. The third-order valence-electron chi connectivity index (χ3n) is 4.67. The highest BCUT2D eigenvalue weighted by atomic mass is 32.2. The van der Waals surface area contributed by atoms with E-state index in [1.54, 1.807) is 25.1 Å². The molecule has 0 saturated carbocycles.